The van der Waals surface area contributed by atoms with Gasteiger partial charge in [0.2, 0.25) is 0 Å². The lowest BCUT2D eigenvalue weighted by molar-refractivity contribution is -0.136. The van der Waals surface area contributed by atoms with Gasteiger partial charge in [0.1, 0.15) is 0 Å². The maximum Gasteiger partial charge on any atom is 0.309 e. The van der Waals surface area contributed by atoms with Gasteiger partial charge in [-0.1, -0.05) is 0 Å². The number of aromatic nitrogens is 2. The molecule has 82 valence electrons. The van der Waals surface area contributed by atoms with Crippen molar-refractivity contribution in [3.05, 3.63) is 18.0 Å². The number of hydrogen-bond donors (Lipinski definition) is 1. The molecule has 1 aliphatic rings. The Kier molecular flexibility index (Phi) is 2.73. The first-order chi connectivity index (χ1) is 7.16. The third kappa shape index (κ3) is 2.18. The molecule has 5 nitrogen and oxygen atoms in total. The van der Waals surface area contributed by atoms with Gasteiger partial charge in [-0.2, -0.15) is 5.10 Å². The molecular formula is C10H15N3O2. The van der Waals surface area contributed by atoms with Crippen LogP contribution in [0, 0.1) is 0 Å². The zero-order valence-electron chi connectivity index (χ0n) is 8.76. The summed E-state index contributed by atoms with van der Waals surface area (Å²) in [7, 11) is 2.07. The molecule has 0 radical (unpaired) electrons. The monoisotopic (exact) mass is 209 g/mol. The quantitative estimate of drug-likeness (QED) is 0.782. The van der Waals surface area contributed by atoms with Crippen LogP contribution in [-0.2, 0) is 11.2 Å². The van der Waals surface area contributed by atoms with E-state index in [9.17, 15) is 4.79 Å². The minimum atomic E-state index is -0.803. The highest BCUT2D eigenvalue weighted by molar-refractivity contribution is 5.69. The SMILES string of the molecule is CN1CCC(n2nccc2CC(=O)O)C1. The first-order valence-electron chi connectivity index (χ1n) is 5.09. The van der Waals surface area contributed by atoms with Crippen molar-refractivity contribution < 1.29 is 9.90 Å². The Morgan fingerprint density at radius 2 is 2.53 bits per heavy atom. The van der Waals surface area contributed by atoms with Gasteiger partial charge >= 0.3 is 5.97 Å². The molecule has 2 rings (SSSR count). The zero-order valence-corrected chi connectivity index (χ0v) is 8.76. The molecule has 1 N–H and O–H groups in total. The van der Waals surface area contributed by atoms with E-state index in [2.05, 4.69) is 17.0 Å². The fourth-order valence-corrected chi connectivity index (χ4v) is 2.08. The second-order valence-electron chi connectivity index (χ2n) is 4.04. The largest absolute Gasteiger partial charge is 0.481 e. The Bertz CT molecular complexity index is 361. The Hall–Kier alpha value is -1.36. The lowest BCUT2D eigenvalue weighted by atomic mass is 10.2. The summed E-state index contributed by atoms with van der Waals surface area (Å²) in [6.07, 6.45) is 2.78. The molecule has 1 fully saturated rings. The molecule has 0 bridgehead atoms. The van der Waals surface area contributed by atoms with E-state index in [1.807, 2.05) is 4.68 Å². The summed E-state index contributed by atoms with van der Waals surface area (Å²) in [5.74, 6) is -0.803. The number of likely N-dealkylation sites (N-methyl/N-ethyl adjacent to an activating group) is 1. The minimum Gasteiger partial charge on any atom is -0.481 e. The van der Waals surface area contributed by atoms with Gasteiger partial charge in [0.25, 0.3) is 0 Å². The lowest BCUT2D eigenvalue weighted by Crippen LogP contribution is -2.19. The summed E-state index contributed by atoms with van der Waals surface area (Å²) in [4.78, 5) is 12.9. The molecule has 0 aliphatic carbocycles. The van der Waals surface area contributed by atoms with Crippen molar-refractivity contribution in [3.63, 3.8) is 0 Å². The first kappa shape index (κ1) is 10.2. The normalized spacial score (nSPS) is 22.1. The van der Waals surface area contributed by atoms with Crippen molar-refractivity contribution >= 4 is 5.97 Å². The number of carboxylic acid groups (broad SMARTS) is 1. The Labute approximate surface area is 88.3 Å². The summed E-state index contributed by atoms with van der Waals surface area (Å²) in [6, 6.07) is 2.12. The second kappa shape index (κ2) is 4.02. The summed E-state index contributed by atoms with van der Waals surface area (Å²) in [5, 5.41) is 13.0. The van der Waals surface area contributed by atoms with Crippen LogP contribution in [0.2, 0.25) is 0 Å². The smallest absolute Gasteiger partial charge is 0.309 e. The van der Waals surface area contributed by atoms with E-state index in [0.717, 1.165) is 25.2 Å². The minimum absolute atomic E-state index is 0.0558. The average Bonchev–Trinajstić information content (AvgIpc) is 2.72. The zero-order chi connectivity index (χ0) is 10.8. The molecule has 0 amide bonds. The highest BCUT2D eigenvalue weighted by Gasteiger charge is 2.23. The molecule has 1 unspecified atom stereocenters. The van der Waals surface area contributed by atoms with Crippen LogP contribution in [0.3, 0.4) is 0 Å². The number of aliphatic carboxylic acids is 1. The number of carbonyl (C=O) groups is 1. The van der Waals surface area contributed by atoms with Gasteiger partial charge in [-0.15, -0.1) is 0 Å². The van der Waals surface area contributed by atoms with E-state index in [1.165, 1.54) is 0 Å². The van der Waals surface area contributed by atoms with Crippen molar-refractivity contribution in [2.24, 2.45) is 0 Å². The van der Waals surface area contributed by atoms with Gasteiger partial charge in [-0.3, -0.25) is 9.48 Å². The summed E-state index contributed by atoms with van der Waals surface area (Å²) in [6.45, 7) is 2.01. The fraction of sp³-hybridized carbons (Fsp3) is 0.600. The molecule has 1 aromatic heterocycles. The Morgan fingerprint density at radius 3 is 3.13 bits per heavy atom. The van der Waals surface area contributed by atoms with Crippen LogP contribution >= 0.6 is 0 Å². The second-order valence-corrected chi connectivity index (χ2v) is 4.04. The third-order valence-corrected chi connectivity index (χ3v) is 2.80. The summed E-state index contributed by atoms with van der Waals surface area (Å²) >= 11 is 0. The van der Waals surface area contributed by atoms with Crippen molar-refractivity contribution in [3.8, 4) is 0 Å². The van der Waals surface area contributed by atoms with Crippen LogP contribution in [-0.4, -0.2) is 45.9 Å². The van der Waals surface area contributed by atoms with Crippen LogP contribution in [0.25, 0.3) is 0 Å². The number of rotatable bonds is 3. The van der Waals surface area contributed by atoms with E-state index >= 15 is 0 Å². The standard InChI is InChI=1S/C10H15N3O2/c1-12-5-3-9(7-12)13-8(2-4-11-13)6-10(14)15/h2,4,9H,3,5-7H2,1H3,(H,14,15). The number of carboxylic acids is 1. The number of nitrogens with zero attached hydrogens (tertiary/aromatic N) is 3. The van der Waals surface area contributed by atoms with Gasteiger partial charge in [-0.25, -0.2) is 0 Å². The van der Waals surface area contributed by atoms with Crippen LogP contribution in [0.4, 0.5) is 0 Å². The van der Waals surface area contributed by atoms with E-state index in [0.29, 0.717) is 6.04 Å². The van der Waals surface area contributed by atoms with Crippen molar-refractivity contribution in [1.29, 1.82) is 0 Å². The van der Waals surface area contributed by atoms with Crippen LogP contribution < -0.4 is 0 Å². The molecule has 0 saturated carbocycles. The maximum atomic E-state index is 10.6. The molecule has 1 saturated heterocycles. The topological polar surface area (TPSA) is 58.4 Å². The Morgan fingerprint density at radius 1 is 1.73 bits per heavy atom. The average molecular weight is 209 g/mol. The van der Waals surface area contributed by atoms with Crippen LogP contribution in [0.1, 0.15) is 18.2 Å². The van der Waals surface area contributed by atoms with Gasteiger partial charge in [0.05, 0.1) is 12.5 Å². The highest BCUT2D eigenvalue weighted by Crippen LogP contribution is 2.21. The maximum absolute atomic E-state index is 10.6. The molecule has 1 aromatic rings. The summed E-state index contributed by atoms with van der Waals surface area (Å²) < 4.78 is 1.86. The van der Waals surface area contributed by atoms with Crippen molar-refractivity contribution in [2.45, 2.75) is 18.9 Å². The van der Waals surface area contributed by atoms with E-state index < -0.39 is 5.97 Å². The Balaban J connectivity index is 2.14. The van der Waals surface area contributed by atoms with Gasteiger partial charge in [-0.05, 0) is 26.1 Å². The highest BCUT2D eigenvalue weighted by atomic mass is 16.4. The molecule has 2 heterocycles. The van der Waals surface area contributed by atoms with Gasteiger partial charge in [0.15, 0.2) is 0 Å². The van der Waals surface area contributed by atoms with Gasteiger partial charge < -0.3 is 10.0 Å². The lowest BCUT2D eigenvalue weighted by Gasteiger charge is -2.13. The van der Waals surface area contributed by atoms with Crippen molar-refractivity contribution in [1.82, 2.24) is 14.7 Å². The molecular weight excluding hydrogens is 194 g/mol. The summed E-state index contributed by atoms with van der Waals surface area (Å²) in [5.41, 5.74) is 0.794. The van der Waals surface area contributed by atoms with Crippen LogP contribution in [0.5, 0.6) is 0 Å². The molecule has 5 heteroatoms. The number of hydrogen-bond acceptors (Lipinski definition) is 3. The van der Waals surface area contributed by atoms with E-state index in [1.54, 1.807) is 12.3 Å². The van der Waals surface area contributed by atoms with E-state index in [4.69, 9.17) is 5.11 Å². The fourth-order valence-electron chi connectivity index (χ4n) is 2.08. The molecule has 1 atom stereocenters. The molecule has 15 heavy (non-hydrogen) atoms. The molecule has 1 aliphatic heterocycles. The third-order valence-electron chi connectivity index (χ3n) is 2.80. The predicted octanol–water partition coefficient (Wildman–Crippen LogP) is 0.387. The number of likely N-dealkylation sites (tertiary alicyclic amines) is 1. The first-order valence-corrected chi connectivity index (χ1v) is 5.09. The predicted molar refractivity (Wildman–Crippen MR) is 54.7 cm³/mol. The van der Waals surface area contributed by atoms with Crippen LogP contribution in [0.15, 0.2) is 12.3 Å². The van der Waals surface area contributed by atoms with E-state index in [-0.39, 0.29) is 6.42 Å². The van der Waals surface area contributed by atoms with Crippen molar-refractivity contribution in [2.75, 3.05) is 20.1 Å². The molecule has 0 aromatic carbocycles. The van der Waals surface area contributed by atoms with Gasteiger partial charge in [0, 0.05) is 18.4 Å². The molecule has 0 spiro atoms.